The number of pyridine rings is 1. The van der Waals surface area contributed by atoms with Gasteiger partial charge >= 0.3 is 6.03 Å². The zero-order valence-corrected chi connectivity index (χ0v) is 12.2. The fraction of sp³-hybridized carbons (Fsp3) is 0.294. The molecule has 0 aliphatic carbocycles. The zero-order chi connectivity index (χ0) is 14.7. The number of fused-ring (bicyclic) bond motifs is 1. The van der Waals surface area contributed by atoms with Crippen molar-refractivity contribution in [1.82, 2.24) is 10.3 Å². The number of nitrogens with one attached hydrogen (secondary N) is 1. The maximum Gasteiger partial charge on any atom is 0.321 e. The van der Waals surface area contributed by atoms with Gasteiger partial charge in [-0.1, -0.05) is 13.0 Å². The highest BCUT2D eigenvalue weighted by molar-refractivity contribution is 5.94. The number of hydrogen-bond donors (Lipinski definition) is 1. The molecule has 2 aromatic rings. The molecule has 21 heavy (non-hydrogen) atoms. The van der Waals surface area contributed by atoms with Gasteiger partial charge in [0, 0.05) is 31.2 Å². The fourth-order valence-electron chi connectivity index (χ4n) is 2.66. The van der Waals surface area contributed by atoms with E-state index in [0.717, 1.165) is 37.2 Å². The molecule has 0 saturated carbocycles. The number of amides is 2. The summed E-state index contributed by atoms with van der Waals surface area (Å²) >= 11 is 0. The molecule has 0 atom stereocenters. The van der Waals surface area contributed by atoms with Crippen molar-refractivity contribution in [2.75, 3.05) is 18.0 Å². The molecule has 3 rings (SSSR count). The van der Waals surface area contributed by atoms with Gasteiger partial charge in [-0.25, -0.2) is 4.79 Å². The van der Waals surface area contributed by atoms with Crippen molar-refractivity contribution in [2.24, 2.45) is 0 Å². The third-order valence-electron chi connectivity index (χ3n) is 3.76. The minimum atomic E-state index is 0.00672. The van der Waals surface area contributed by atoms with Crippen molar-refractivity contribution in [3.63, 3.8) is 0 Å². The third-order valence-corrected chi connectivity index (χ3v) is 3.76. The van der Waals surface area contributed by atoms with Crippen LogP contribution in [0.4, 0.5) is 10.5 Å². The number of rotatable bonds is 3. The van der Waals surface area contributed by atoms with E-state index in [-0.39, 0.29) is 6.03 Å². The average molecular weight is 281 g/mol. The molecule has 4 heteroatoms. The number of benzene rings is 1. The molecule has 2 amide bonds. The Morgan fingerprint density at radius 3 is 2.81 bits per heavy atom. The van der Waals surface area contributed by atoms with Gasteiger partial charge < -0.3 is 5.32 Å². The van der Waals surface area contributed by atoms with Gasteiger partial charge in [0.25, 0.3) is 0 Å². The maximum absolute atomic E-state index is 12.1. The molecule has 0 fully saturated rings. The van der Waals surface area contributed by atoms with Gasteiger partial charge in [0.15, 0.2) is 0 Å². The van der Waals surface area contributed by atoms with E-state index in [4.69, 9.17) is 0 Å². The highest BCUT2D eigenvalue weighted by Crippen LogP contribution is 2.32. The van der Waals surface area contributed by atoms with Gasteiger partial charge in [0.2, 0.25) is 0 Å². The van der Waals surface area contributed by atoms with Crippen molar-refractivity contribution in [3.05, 3.63) is 48.3 Å². The summed E-state index contributed by atoms with van der Waals surface area (Å²) in [5.41, 5.74) is 4.59. The summed E-state index contributed by atoms with van der Waals surface area (Å²) in [6.45, 7) is 3.53. The summed E-state index contributed by atoms with van der Waals surface area (Å²) in [4.78, 5) is 18.0. The van der Waals surface area contributed by atoms with E-state index in [1.807, 2.05) is 23.1 Å². The Kier molecular flexibility index (Phi) is 3.86. The normalized spacial score (nSPS) is 13.1. The average Bonchev–Trinajstić information content (AvgIpc) is 2.96. The predicted molar refractivity (Wildman–Crippen MR) is 84.4 cm³/mol. The molecular formula is C17H19N3O. The molecule has 1 aromatic carbocycles. The Morgan fingerprint density at radius 1 is 1.24 bits per heavy atom. The molecule has 0 spiro atoms. The van der Waals surface area contributed by atoms with Crippen LogP contribution in [-0.4, -0.2) is 24.1 Å². The lowest BCUT2D eigenvalue weighted by molar-refractivity contribution is 0.247. The Hall–Kier alpha value is -2.36. The van der Waals surface area contributed by atoms with Gasteiger partial charge in [-0.2, -0.15) is 0 Å². The first-order chi connectivity index (χ1) is 10.3. The first kappa shape index (κ1) is 13.6. The minimum absolute atomic E-state index is 0.00672. The van der Waals surface area contributed by atoms with Gasteiger partial charge in [-0.15, -0.1) is 0 Å². The molecule has 2 heterocycles. The second-order valence-electron chi connectivity index (χ2n) is 5.21. The van der Waals surface area contributed by atoms with Crippen molar-refractivity contribution in [1.29, 1.82) is 0 Å². The van der Waals surface area contributed by atoms with E-state index < -0.39 is 0 Å². The van der Waals surface area contributed by atoms with Crippen molar-refractivity contribution >= 4 is 11.7 Å². The maximum atomic E-state index is 12.1. The smallest absolute Gasteiger partial charge is 0.321 e. The van der Waals surface area contributed by atoms with Crippen LogP contribution in [0.5, 0.6) is 0 Å². The molecule has 4 nitrogen and oxygen atoms in total. The molecule has 1 N–H and O–H groups in total. The summed E-state index contributed by atoms with van der Waals surface area (Å²) in [7, 11) is 0. The molecule has 1 aromatic heterocycles. The number of hydrogen-bond acceptors (Lipinski definition) is 2. The molecule has 0 bridgehead atoms. The van der Waals surface area contributed by atoms with Crippen molar-refractivity contribution in [3.8, 4) is 11.1 Å². The Balaban J connectivity index is 1.84. The largest absolute Gasteiger partial charge is 0.338 e. The van der Waals surface area contributed by atoms with Gasteiger partial charge in [0.05, 0.1) is 0 Å². The van der Waals surface area contributed by atoms with E-state index in [1.54, 1.807) is 12.4 Å². The lowest BCUT2D eigenvalue weighted by atomic mass is 10.0. The molecule has 0 unspecified atom stereocenters. The van der Waals surface area contributed by atoms with Crippen LogP contribution in [0.25, 0.3) is 11.1 Å². The summed E-state index contributed by atoms with van der Waals surface area (Å²) in [6.07, 6.45) is 5.46. The van der Waals surface area contributed by atoms with E-state index in [2.05, 4.69) is 29.4 Å². The first-order valence-electron chi connectivity index (χ1n) is 7.38. The van der Waals surface area contributed by atoms with Crippen LogP contribution >= 0.6 is 0 Å². The standard InChI is InChI=1S/C17H19N3O/c1-2-8-19-17(21)20-11-7-15-12-14(3-4-16(15)20)13-5-9-18-10-6-13/h3-6,9-10,12H,2,7-8,11H2,1H3,(H,19,21). The number of aromatic nitrogens is 1. The number of anilines is 1. The lowest BCUT2D eigenvalue weighted by Crippen LogP contribution is -2.39. The molecule has 0 saturated heterocycles. The lowest BCUT2D eigenvalue weighted by Gasteiger charge is -2.18. The molecule has 1 aliphatic heterocycles. The highest BCUT2D eigenvalue weighted by Gasteiger charge is 2.24. The predicted octanol–water partition coefficient (Wildman–Crippen LogP) is 3.23. The second-order valence-corrected chi connectivity index (χ2v) is 5.21. The molecule has 108 valence electrons. The molecular weight excluding hydrogens is 262 g/mol. The van der Waals surface area contributed by atoms with Crippen LogP contribution in [0.15, 0.2) is 42.7 Å². The van der Waals surface area contributed by atoms with Crippen LogP contribution in [0.2, 0.25) is 0 Å². The Bertz CT molecular complexity index is 640. The summed E-state index contributed by atoms with van der Waals surface area (Å²) in [5.74, 6) is 0. The quantitative estimate of drug-likeness (QED) is 0.938. The SMILES string of the molecule is CCCNC(=O)N1CCc2cc(-c3ccncc3)ccc21. The van der Waals surface area contributed by atoms with Crippen LogP contribution in [0.3, 0.4) is 0 Å². The number of urea groups is 1. The van der Waals surface area contributed by atoms with E-state index in [1.165, 1.54) is 11.1 Å². The highest BCUT2D eigenvalue weighted by atomic mass is 16.2. The third kappa shape index (κ3) is 2.75. The summed E-state index contributed by atoms with van der Waals surface area (Å²) in [5, 5.41) is 2.94. The van der Waals surface area contributed by atoms with Crippen LogP contribution in [-0.2, 0) is 6.42 Å². The van der Waals surface area contributed by atoms with Crippen molar-refractivity contribution in [2.45, 2.75) is 19.8 Å². The zero-order valence-electron chi connectivity index (χ0n) is 12.2. The Labute approximate surface area is 124 Å². The van der Waals surface area contributed by atoms with E-state index in [0.29, 0.717) is 0 Å². The van der Waals surface area contributed by atoms with Crippen LogP contribution < -0.4 is 10.2 Å². The molecule has 0 radical (unpaired) electrons. The minimum Gasteiger partial charge on any atom is -0.338 e. The second kappa shape index (κ2) is 5.95. The number of carbonyl (C=O) groups excluding carboxylic acids is 1. The van der Waals surface area contributed by atoms with E-state index in [9.17, 15) is 4.79 Å². The number of carbonyl (C=O) groups is 1. The van der Waals surface area contributed by atoms with E-state index >= 15 is 0 Å². The van der Waals surface area contributed by atoms with Crippen LogP contribution in [0, 0.1) is 0 Å². The van der Waals surface area contributed by atoms with Gasteiger partial charge in [0.1, 0.15) is 0 Å². The van der Waals surface area contributed by atoms with Gasteiger partial charge in [-0.3, -0.25) is 9.88 Å². The summed E-state index contributed by atoms with van der Waals surface area (Å²) in [6, 6.07) is 10.3. The topological polar surface area (TPSA) is 45.2 Å². The molecule has 1 aliphatic rings. The van der Waals surface area contributed by atoms with Crippen molar-refractivity contribution < 1.29 is 4.79 Å². The van der Waals surface area contributed by atoms with Gasteiger partial charge in [-0.05, 0) is 53.8 Å². The van der Waals surface area contributed by atoms with Crippen LogP contribution in [0.1, 0.15) is 18.9 Å². The monoisotopic (exact) mass is 281 g/mol. The summed E-state index contributed by atoms with van der Waals surface area (Å²) < 4.78 is 0. The first-order valence-corrected chi connectivity index (χ1v) is 7.38. The fourth-order valence-corrected chi connectivity index (χ4v) is 2.66. The Morgan fingerprint density at radius 2 is 2.05 bits per heavy atom. The number of nitrogens with zero attached hydrogens (tertiary/aromatic N) is 2.